The number of para-hydroxylation sites is 1. The first-order chi connectivity index (χ1) is 16.6. The summed E-state index contributed by atoms with van der Waals surface area (Å²) in [7, 11) is 0. The lowest BCUT2D eigenvalue weighted by molar-refractivity contribution is -0.137. The van der Waals surface area contributed by atoms with E-state index in [0.717, 1.165) is 12.1 Å². The van der Waals surface area contributed by atoms with Crippen LogP contribution in [0.3, 0.4) is 0 Å². The molecule has 0 aliphatic carbocycles. The number of carbonyl (C=O) groups is 2. The van der Waals surface area contributed by atoms with Gasteiger partial charge in [-0.1, -0.05) is 35.9 Å². The van der Waals surface area contributed by atoms with Crippen molar-refractivity contribution in [3.63, 3.8) is 0 Å². The molecule has 35 heavy (non-hydrogen) atoms. The molecule has 4 amide bonds. The van der Waals surface area contributed by atoms with Crippen LogP contribution in [0, 0.1) is 0 Å². The van der Waals surface area contributed by atoms with E-state index in [1.54, 1.807) is 36.4 Å². The van der Waals surface area contributed by atoms with Gasteiger partial charge in [-0.2, -0.15) is 13.2 Å². The molecule has 0 bridgehead atoms. The zero-order chi connectivity index (χ0) is 25.4. The Morgan fingerprint density at radius 3 is 2.40 bits per heavy atom. The second-order valence-electron chi connectivity index (χ2n) is 7.35. The second-order valence-corrected chi connectivity index (χ2v) is 8.65. The van der Waals surface area contributed by atoms with Gasteiger partial charge in [-0.3, -0.25) is 4.90 Å². The Morgan fingerprint density at radius 2 is 1.69 bits per heavy atom. The van der Waals surface area contributed by atoms with Crippen molar-refractivity contribution in [2.75, 3.05) is 28.6 Å². The molecule has 3 rings (SSSR count). The summed E-state index contributed by atoms with van der Waals surface area (Å²) < 4.78 is 40.4. The van der Waals surface area contributed by atoms with Gasteiger partial charge in [0.2, 0.25) is 0 Å². The third-order valence-electron chi connectivity index (χ3n) is 4.77. The molecule has 0 aromatic heterocycles. The zero-order valence-corrected chi connectivity index (χ0v) is 20.5. The average molecular weight is 570 g/mol. The van der Waals surface area contributed by atoms with E-state index in [1.165, 1.54) is 23.1 Å². The Morgan fingerprint density at radius 1 is 0.943 bits per heavy atom. The van der Waals surface area contributed by atoms with Crippen molar-refractivity contribution in [3.05, 3.63) is 87.9 Å². The van der Waals surface area contributed by atoms with Crippen LogP contribution in [0.25, 0.3) is 0 Å². The lowest BCUT2D eigenvalue weighted by atomic mass is 10.1. The number of rotatable bonds is 7. The molecule has 0 radical (unpaired) electrons. The number of anilines is 3. The van der Waals surface area contributed by atoms with E-state index in [-0.39, 0.29) is 25.2 Å². The molecule has 11 heteroatoms. The summed E-state index contributed by atoms with van der Waals surface area (Å²) in [5.74, 6) is 0. The van der Waals surface area contributed by atoms with Crippen molar-refractivity contribution in [1.29, 1.82) is 0 Å². The lowest BCUT2D eigenvalue weighted by Gasteiger charge is -2.24. The van der Waals surface area contributed by atoms with E-state index < -0.39 is 23.8 Å². The molecule has 0 aliphatic rings. The van der Waals surface area contributed by atoms with Crippen LogP contribution in [0.15, 0.2) is 77.3 Å². The molecular weight excluding hydrogens is 549 g/mol. The third-order valence-corrected chi connectivity index (χ3v) is 5.70. The van der Waals surface area contributed by atoms with Gasteiger partial charge in [-0.15, -0.1) is 0 Å². The molecule has 6 nitrogen and oxygen atoms in total. The molecule has 0 atom stereocenters. The number of urea groups is 2. The maximum absolute atomic E-state index is 13.2. The van der Waals surface area contributed by atoms with Crippen LogP contribution in [0.1, 0.15) is 12.0 Å². The van der Waals surface area contributed by atoms with Crippen LogP contribution in [-0.4, -0.2) is 25.2 Å². The minimum Gasteiger partial charge on any atom is -0.338 e. The van der Waals surface area contributed by atoms with E-state index >= 15 is 0 Å². The van der Waals surface area contributed by atoms with Crippen molar-refractivity contribution in [3.8, 4) is 0 Å². The van der Waals surface area contributed by atoms with Crippen LogP contribution >= 0.6 is 27.5 Å². The Balaban J connectivity index is 1.68. The SMILES string of the molecule is O=C(NCCCN(C(=O)Nc1cccc(Cl)c1)c1cccc(C(F)(F)F)c1)Nc1ccccc1Br. The fraction of sp³-hybridized carbons (Fsp3) is 0.167. The maximum atomic E-state index is 13.2. The van der Waals surface area contributed by atoms with Gasteiger partial charge >= 0.3 is 18.2 Å². The minimum absolute atomic E-state index is 0.0447. The van der Waals surface area contributed by atoms with Crippen molar-refractivity contribution in [2.45, 2.75) is 12.6 Å². The van der Waals surface area contributed by atoms with Crippen LogP contribution < -0.4 is 20.9 Å². The van der Waals surface area contributed by atoms with Gasteiger partial charge in [-0.25, -0.2) is 9.59 Å². The van der Waals surface area contributed by atoms with Crippen LogP contribution in [-0.2, 0) is 6.18 Å². The summed E-state index contributed by atoms with van der Waals surface area (Å²) in [6.07, 6.45) is -4.28. The smallest absolute Gasteiger partial charge is 0.338 e. The molecule has 3 aromatic carbocycles. The van der Waals surface area contributed by atoms with Crippen LogP contribution in [0.2, 0.25) is 5.02 Å². The number of nitrogens with one attached hydrogen (secondary N) is 3. The quantitative estimate of drug-likeness (QED) is 0.260. The molecule has 0 heterocycles. The molecule has 0 saturated carbocycles. The topological polar surface area (TPSA) is 73.5 Å². The first-order valence-electron chi connectivity index (χ1n) is 10.4. The highest BCUT2D eigenvalue weighted by molar-refractivity contribution is 9.10. The maximum Gasteiger partial charge on any atom is 0.416 e. The zero-order valence-electron chi connectivity index (χ0n) is 18.2. The standard InChI is InChI=1S/C24H21BrClF3N4O2/c25-20-10-1-2-11-21(20)32-22(34)30-12-5-13-33(19-9-3-6-16(14-19)24(27,28)29)23(35)31-18-8-4-7-17(26)15-18/h1-4,6-11,14-15H,5,12-13H2,(H,31,35)(H2,30,32,34). The molecular formula is C24H21BrClF3N4O2. The van der Waals surface area contributed by atoms with Gasteiger partial charge < -0.3 is 16.0 Å². The summed E-state index contributed by atoms with van der Waals surface area (Å²) in [6.45, 7) is 0.221. The lowest BCUT2D eigenvalue weighted by Crippen LogP contribution is -2.38. The molecule has 0 fully saturated rings. The van der Waals surface area contributed by atoms with E-state index in [1.807, 2.05) is 6.07 Å². The molecule has 184 valence electrons. The van der Waals surface area contributed by atoms with E-state index in [9.17, 15) is 22.8 Å². The number of hydrogen-bond donors (Lipinski definition) is 3. The molecule has 0 unspecified atom stereocenters. The Labute approximate surface area is 213 Å². The van der Waals surface area contributed by atoms with Gasteiger partial charge in [-0.05, 0) is 70.9 Å². The van der Waals surface area contributed by atoms with Crippen LogP contribution in [0.5, 0.6) is 0 Å². The summed E-state index contributed by atoms with van der Waals surface area (Å²) in [5.41, 5.74) is 0.167. The Hall–Kier alpha value is -3.24. The monoisotopic (exact) mass is 568 g/mol. The predicted molar refractivity (Wildman–Crippen MR) is 135 cm³/mol. The number of alkyl halides is 3. The van der Waals surface area contributed by atoms with Gasteiger partial charge in [0.15, 0.2) is 0 Å². The highest BCUT2D eigenvalue weighted by atomic mass is 79.9. The molecule has 0 spiro atoms. The molecule has 3 aromatic rings. The molecule has 3 N–H and O–H groups in total. The van der Waals surface area contributed by atoms with Crippen molar-refractivity contribution < 1.29 is 22.8 Å². The Bertz CT molecular complexity index is 1190. The third kappa shape index (κ3) is 7.90. The summed E-state index contributed by atoms with van der Waals surface area (Å²) >= 11 is 9.29. The van der Waals surface area contributed by atoms with Gasteiger partial charge in [0.1, 0.15) is 0 Å². The number of nitrogens with zero attached hydrogens (tertiary/aromatic N) is 1. The van der Waals surface area contributed by atoms with E-state index in [0.29, 0.717) is 20.9 Å². The van der Waals surface area contributed by atoms with E-state index in [2.05, 4.69) is 31.9 Å². The fourth-order valence-electron chi connectivity index (χ4n) is 3.12. The summed E-state index contributed by atoms with van der Waals surface area (Å²) in [5, 5.41) is 8.40. The number of amides is 4. The Kier molecular flexibility index (Phi) is 9.00. The summed E-state index contributed by atoms with van der Waals surface area (Å²) in [4.78, 5) is 26.3. The highest BCUT2D eigenvalue weighted by Gasteiger charge is 2.31. The average Bonchev–Trinajstić information content (AvgIpc) is 2.80. The second kappa shape index (κ2) is 11.9. The fourth-order valence-corrected chi connectivity index (χ4v) is 3.70. The van der Waals surface area contributed by atoms with Crippen molar-refractivity contribution in [1.82, 2.24) is 5.32 Å². The van der Waals surface area contributed by atoms with Gasteiger partial charge in [0, 0.05) is 34.0 Å². The van der Waals surface area contributed by atoms with Crippen molar-refractivity contribution in [2.24, 2.45) is 0 Å². The van der Waals surface area contributed by atoms with Crippen LogP contribution in [0.4, 0.5) is 39.8 Å². The normalized spacial score (nSPS) is 11.0. The first-order valence-corrected chi connectivity index (χ1v) is 11.6. The van der Waals surface area contributed by atoms with Gasteiger partial charge in [0.05, 0.1) is 11.3 Å². The number of halogens is 5. The van der Waals surface area contributed by atoms with E-state index in [4.69, 9.17) is 11.6 Å². The molecule has 0 saturated heterocycles. The molecule has 0 aliphatic heterocycles. The number of hydrogen-bond acceptors (Lipinski definition) is 2. The summed E-state index contributed by atoms with van der Waals surface area (Å²) in [6, 6.07) is 16.9. The first kappa shape index (κ1) is 26.4. The van der Waals surface area contributed by atoms with Crippen molar-refractivity contribution >= 4 is 56.7 Å². The number of benzene rings is 3. The predicted octanol–water partition coefficient (Wildman–Crippen LogP) is 7.37. The van der Waals surface area contributed by atoms with Gasteiger partial charge in [0.25, 0.3) is 0 Å². The highest BCUT2D eigenvalue weighted by Crippen LogP contribution is 2.32. The number of carbonyl (C=O) groups excluding carboxylic acids is 2. The largest absolute Gasteiger partial charge is 0.416 e. The minimum atomic E-state index is -4.56.